The Morgan fingerprint density at radius 3 is 1.04 bits per heavy atom. The lowest BCUT2D eigenvalue weighted by atomic mass is 10.0. The van der Waals surface area contributed by atoms with Gasteiger partial charge in [-0.25, -0.2) is 0 Å². The van der Waals surface area contributed by atoms with Crippen molar-refractivity contribution in [1.82, 2.24) is 0 Å². The second-order valence-corrected chi connectivity index (χ2v) is 16.7. The zero-order valence-electron chi connectivity index (χ0n) is 38.1. The van der Waals surface area contributed by atoms with Crippen LogP contribution in [0.3, 0.4) is 0 Å². The van der Waals surface area contributed by atoms with Crippen LogP contribution < -0.4 is 0 Å². The van der Waals surface area contributed by atoms with E-state index in [0.717, 1.165) is 89.9 Å². The molecule has 1 atom stereocenters. The van der Waals surface area contributed by atoms with Crippen LogP contribution in [0.4, 0.5) is 0 Å². The number of hydrogen-bond acceptors (Lipinski definition) is 6. The van der Waals surface area contributed by atoms with Crippen molar-refractivity contribution >= 4 is 17.9 Å². The molecule has 334 valence electrons. The lowest BCUT2D eigenvalue weighted by Crippen LogP contribution is -2.30. The monoisotopic (exact) mass is 803 g/mol. The van der Waals surface area contributed by atoms with Crippen LogP contribution in [0.15, 0.2) is 24.3 Å². The first kappa shape index (κ1) is 54.9. The first-order chi connectivity index (χ1) is 28.0. The molecule has 0 aromatic rings. The van der Waals surface area contributed by atoms with E-state index < -0.39 is 6.10 Å². The number of carbonyl (C=O) groups is 3. The Morgan fingerprint density at radius 1 is 0.351 bits per heavy atom. The van der Waals surface area contributed by atoms with Crippen molar-refractivity contribution in [2.24, 2.45) is 0 Å². The molecule has 0 heterocycles. The Kier molecular flexibility index (Phi) is 44.9. The molecule has 0 rings (SSSR count). The summed E-state index contributed by atoms with van der Waals surface area (Å²) >= 11 is 0. The Balaban J connectivity index is 4.20. The average Bonchev–Trinajstić information content (AvgIpc) is 3.21. The zero-order chi connectivity index (χ0) is 41.5. The summed E-state index contributed by atoms with van der Waals surface area (Å²) in [6.45, 7) is 6.54. The van der Waals surface area contributed by atoms with Crippen LogP contribution >= 0.6 is 0 Å². The van der Waals surface area contributed by atoms with Gasteiger partial charge in [0, 0.05) is 19.3 Å². The van der Waals surface area contributed by atoms with E-state index >= 15 is 0 Å². The number of allylic oxidation sites excluding steroid dienone is 4. The molecule has 1 unspecified atom stereocenters. The van der Waals surface area contributed by atoms with Gasteiger partial charge in [0.25, 0.3) is 0 Å². The van der Waals surface area contributed by atoms with Crippen molar-refractivity contribution in [1.29, 1.82) is 0 Å². The summed E-state index contributed by atoms with van der Waals surface area (Å²) in [5.74, 6) is -0.884. The van der Waals surface area contributed by atoms with E-state index in [-0.39, 0.29) is 31.1 Å². The maximum Gasteiger partial charge on any atom is 0.306 e. The van der Waals surface area contributed by atoms with E-state index in [1.165, 1.54) is 135 Å². The number of ether oxygens (including phenoxy) is 3. The molecule has 0 aromatic carbocycles. The Hall–Kier alpha value is -2.11. The molecule has 0 aromatic heterocycles. The van der Waals surface area contributed by atoms with Crippen molar-refractivity contribution in [2.45, 2.75) is 271 Å². The molecule has 0 radical (unpaired) electrons. The molecule has 6 heteroatoms. The van der Waals surface area contributed by atoms with Crippen LogP contribution in [-0.4, -0.2) is 37.2 Å². The summed E-state index contributed by atoms with van der Waals surface area (Å²) in [5.41, 5.74) is 0. The van der Waals surface area contributed by atoms with Crippen molar-refractivity contribution in [3.05, 3.63) is 24.3 Å². The van der Waals surface area contributed by atoms with Crippen LogP contribution in [0, 0.1) is 0 Å². The minimum Gasteiger partial charge on any atom is -0.462 e. The predicted molar refractivity (Wildman–Crippen MR) is 243 cm³/mol. The molecule has 0 spiro atoms. The van der Waals surface area contributed by atoms with E-state index in [1.807, 2.05) is 0 Å². The number of hydrogen-bond donors (Lipinski definition) is 0. The maximum absolute atomic E-state index is 12.7. The van der Waals surface area contributed by atoms with Crippen molar-refractivity contribution < 1.29 is 28.6 Å². The first-order valence-electron chi connectivity index (χ1n) is 24.8. The second kappa shape index (κ2) is 46.6. The molecule has 0 fully saturated rings. The normalized spacial score (nSPS) is 12.1. The summed E-state index contributed by atoms with van der Waals surface area (Å²) in [6.07, 6.45) is 51.8. The van der Waals surface area contributed by atoms with Gasteiger partial charge in [0.1, 0.15) is 13.2 Å². The van der Waals surface area contributed by atoms with Gasteiger partial charge in [-0.05, 0) is 44.9 Å². The van der Waals surface area contributed by atoms with Gasteiger partial charge < -0.3 is 14.2 Å². The standard InChI is InChI=1S/C51H94O6/c1-4-7-10-13-16-18-20-22-23-24-25-26-27-29-30-32-35-38-41-44-50(53)56-47-48(46-55-49(52)43-40-37-34-15-12-9-6-3)57-51(54)45-42-39-36-33-31-28-21-19-17-14-11-8-5-2/h11,14,19,21,48H,4-10,12-13,15-18,20,22-47H2,1-3H3/b14-11-,21-19-. The van der Waals surface area contributed by atoms with Crippen molar-refractivity contribution in [3.63, 3.8) is 0 Å². The van der Waals surface area contributed by atoms with Gasteiger partial charge in [-0.1, -0.05) is 225 Å². The SMILES string of the molecule is CCC/C=C\C/C=C\CCCCCCCC(=O)OC(COC(=O)CCCCCCCCC)COC(=O)CCCCCCCCCCCCCCCCCCCCC. The average molecular weight is 803 g/mol. The molecular weight excluding hydrogens is 709 g/mol. The van der Waals surface area contributed by atoms with Gasteiger partial charge in [0.2, 0.25) is 0 Å². The van der Waals surface area contributed by atoms with Gasteiger partial charge >= 0.3 is 17.9 Å². The maximum atomic E-state index is 12.7. The van der Waals surface area contributed by atoms with E-state index in [1.54, 1.807) is 0 Å². The third-order valence-corrected chi connectivity index (χ3v) is 10.9. The Labute approximate surface area is 353 Å². The molecule has 0 saturated carbocycles. The zero-order valence-corrected chi connectivity index (χ0v) is 38.1. The lowest BCUT2D eigenvalue weighted by Gasteiger charge is -2.18. The molecule has 0 aliphatic heterocycles. The van der Waals surface area contributed by atoms with Crippen LogP contribution in [0.25, 0.3) is 0 Å². The smallest absolute Gasteiger partial charge is 0.306 e. The highest BCUT2D eigenvalue weighted by Gasteiger charge is 2.19. The molecule has 0 aliphatic rings. The first-order valence-corrected chi connectivity index (χ1v) is 24.8. The highest BCUT2D eigenvalue weighted by atomic mass is 16.6. The molecule has 0 amide bonds. The minimum absolute atomic E-state index is 0.0731. The van der Waals surface area contributed by atoms with Gasteiger partial charge in [0.15, 0.2) is 6.10 Å². The van der Waals surface area contributed by atoms with Gasteiger partial charge in [0.05, 0.1) is 0 Å². The summed E-state index contributed by atoms with van der Waals surface area (Å²) in [4.78, 5) is 37.7. The Morgan fingerprint density at radius 2 is 0.667 bits per heavy atom. The minimum atomic E-state index is -0.770. The van der Waals surface area contributed by atoms with Crippen molar-refractivity contribution in [2.75, 3.05) is 13.2 Å². The third-order valence-electron chi connectivity index (χ3n) is 10.9. The lowest BCUT2D eigenvalue weighted by molar-refractivity contribution is -0.167. The largest absolute Gasteiger partial charge is 0.462 e. The topological polar surface area (TPSA) is 78.9 Å². The fraction of sp³-hybridized carbons (Fsp3) is 0.863. The summed E-state index contributed by atoms with van der Waals surface area (Å²) in [6, 6.07) is 0. The summed E-state index contributed by atoms with van der Waals surface area (Å²) in [7, 11) is 0. The van der Waals surface area contributed by atoms with Crippen LogP contribution in [0.1, 0.15) is 265 Å². The van der Waals surface area contributed by atoms with Gasteiger partial charge in [-0.15, -0.1) is 0 Å². The highest BCUT2D eigenvalue weighted by molar-refractivity contribution is 5.71. The van der Waals surface area contributed by atoms with Crippen LogP contribution in [-0.2, 0) is 28.6 Å². The van der Waals surface area contributed by atoms with E-state index in [2.05, 4.69) is 45.1 Å². The van der Waals surface area contributed by atoms with Crippen LogP contribution in [0.2, 0.25) is 0 Å². The molecule has 0 aliphatic carbocycles. The third kappa shape index (κ3) is 44.8. The molecular formula is C51H94O6. The fourth-order valence-corrected chi connectivity index (χ4v) is 7.19. The van der Waals surface area contributed by atoms with E-state index in [0.29, 0.717) is 19.3 Å². The fourth-order valence-electron chi connectivity index (χ4n) is 7.19. The second-order valence-electron chi connectivity index (χ2n) is 16.7. The van der Waals surface area contributed by atoms with Gasteiger partial charge in [-0.2, -0.15) is 0 Å². The molecule has 0 saturated heterocycles. The highest BCUT2D eigenvalue weighted by Crippen LogP contribution is 2.16. The van der Waals surface area contributed by atoms with E-state index in [4.69, 9.17) is 14.2 Å². The quantitative estimate of drug-likeness (QED) is 0.0264. The molecule has 0 N–H and O–H groups in total. The molecule has 57 heavy (non-hydrogen) atoms. The number of esters is 3. The predicted octanol–water partition coefficient (Wildman–Crippen LogP) is 16.0. The summed E-state index contributed by atoms with van der Waals surface area (Å²) < 4.78 is 16.7. The number of carbonyl (C=O) groups excluding carboxylic acids is 3. The number of rotatable bonds is 45. The van der Waals surface area contributed by atoms with Crippen LogP contribution in [0.5, 0.6) is 0 Å². The number of unbranched alkanes of at least 4 members (excludes halogenated alkanes) is 30. The summed E-state index contributed by atoms with van der Waals surface area (Å²) in [5, 5.41) is 0. The van der Waals surface area contributed by atoms with E-state index in [9.17, 15) is 14.4 Å². The Bertz CT molecular complexity index is 927. The van der Waals surface area contributed by atoms with Crippen molar-refractivity contribution in [3.8, 4) is 0 Å². The molecule has 0 bridgehead atoms. The molecule has 6 nitrogen and oxygen atoms in total. The van der Waals surface area contributed by atoms with Gasteiger partial charge in [-0.3, -0.25) is 14.4 Å².